The van der Waals surface area contributed by atoms with Crippen LogP contribution in [0.3, 0.4) is 0 Å². The highest BCUT2D eigenvalue weighted by molar-refractivity contribution is 5.78. The van der Waals surface area contributed by atoms with Gasteiger partial charge >= 0.3 is 0 Å². The summed E-state index contributed by atoms with van der Waals surface area (Å²) in [5.41, 5.74) is -0.645. The van der Waals surface area contributed by atoms with Crippen LogP contribution in [0.15, 0.2) is 0 Å². The number of fused-ring (bicyclic) bond motifs is 1. The summed E-state index contributed by atoms with van der Waals surface area (Å²) in [6.07, 6.45) is 4.36. The lowest BCUT2D eigenvalue weighted by atomic mass is 9.81. The third-order valence-electron chi connectivity index (χ3n) is 3.39. The van der Waals surface area contributed by atoms with E-state index in [2.05, 4.69) is 0 Å². The summed E-state index contributed by atoms with van der Waals surface area (Å²) in [4.78, 5) is 13.4. The maximum Gasteiger partial charge on any atom is 0.223 e. The normalized spacial score (nSPS) is 40.3. The Morgan fingerprint density at radius 1 is 1.54 bits per heavy atom. The van der Waals surface area contributed by atoms with Crippen molar-refractivity contribution in [2.45, 2.75) is 50.7 Å². The number of amides is 1. The first-order valence-electron chi connectivity index (χ1n) is 5.13. The van der Waals surface area contributed by atoms with Gasteiger partial charge in [0.1, 0.15) is 0 Å². The molecule has 0 aromatic rings. The molecule has 0 aromatic carbocycles. The fourth-order valence-electron chi connectivity index (χ4n) is 2.55. The maximum atomic E-state index is 11.5. The highest BCUT2D eigenvalue weighted by atomic mass is 16.3. The first kappa shape index (κ1) is 9.00. The molecule has 2 aliphatic rings. The van der Waals surface area contributed by atoms with Crippen LogP contribution in [-0.2, 0) is 4.79 Å². The molecule has 0 aromatic heterocycles. The van der Waals surface area contributed by atoms with Crippen LogP contribution in [0.5, 0.6) is 0 Å². The van der Waals surface area contributed by atoms with Gasteiger partial charge in [-0.05, 0) is 32.6 Å². The lowest BCUT2D eigenvalue weighted by Gasteiger charge is -2.47. The van der Waals surface area contributed by atoms with Crippen LogP contribution >= 0.6 is 0 Å². The van der Waals surface area contributed by atoms with E-state index in [0.717, 1.165) is 25.8 Å². The van der Waals surface area contributed by atoms with E-state index in [1.54, 1.807) is 0 Å². The van der Waals surface area contributed by atoms with Gasteiger partial charge < -0.3 is 10.0 Å². The van der Waals surface area contributed by atoms with Gasteiger partial charge in [-0.2, -0.15) is 0 Å². The fourth-order valence-corrected chi connectivity index (χ4v) is 2.55. The zero-order valence-corrected chi connectivity index (χ0v) is 8.12. The minimum Gasteiger partial charge on any atom is -0.388 e. The SMILES string of the molecule is C[C@]1(O)CCC(=O)N2CCCC[C@H]21. The van der Waals surface area contributed by atoms with Gasteiger partial charge in [0, 0.05) is 13.0 Å². The molecule has 3 nitrogen and oxygen atoms in total. The topological polar surface area (TPSA) is 40.5 Å². The zero-order chi connectivity index (χ0) is 9.47. The zero-order valence-electron chi connectivity index (χ0n) is 8.12. The molecule has 0 spiro atoms. The summed E-state index contributed by atoms with van der Waals surface area (Å²) in [5.74, 6) is 0.233. The van der Waals surface area contributed by atoms with E-state index >= 15 is 0 Å². The minimum absolute atomic E-state index is 0.0856. The van der Waals surface area contributed by atoms with E-state index < -0.39 is 5.60 Å². The van der Waals surface area contributed by atoms with Gasteiger partial charge in [-0.1, -0.05) is 0 Å². The van der Waals surface area contributed by atoms with Crippen LogP contribution in [0.1, 0.15) is 39.0 Å². The molecule has 1 amide bonds. The highest BCUT2D eigenvalue weighted by Gasteiger charge is 2.43. The molecule has 13 heavy (non-hydrogen) atoms. The Hall–Kier alpha value is -0.570. The first-order chi connectivity index (χ1) is 6.11. The summed E-state index contributed by atoms with van der Waals surface area (Å²) < 4.78 is 0. The standard InChI is InChI=1S/C10H17NO2/c1-10(13)6-5-9(12)11-7-3-2-4-8(10)11/h8,13H,2-7H2,1H3/t8-,10-/m0/s1. The summed E-state index contributed by atoms with van der Waals surface area (Å²) >= 11 is 0. The second-order valence-electron chi connectivity index (χ2n) is 4.46. The van der Waals surface area contributed by atoms with Crippen molar-refractivity contribution in [1.29, 1.82) is 0 Å². The molecule has 2 aliphatic heterocycles. The number of aliphatic hydroxyl groups is 1. The van der Waals surface area contributed by atoms with Crippen molar-refractivity contribution in [2.75, 3.05) is 6.54 Å². The third kappa shape index (κ3) is 1.46. The van der Waals surface area contributed by atoms with E-state index in [0.29, 0.717) is 12.8 Å². The lowest BCUT2D eigenvalue weighted by Crippen LogP contribution is -2.59. The molecule has 2 rings (SSSR count). The van der Waals surface area contributed by atoms with Crippen LogP contribution in [-0.4, -0.2) is 34.1 Å². The second-order valence-corrected chi connectivity index (χ2v) is 4.46. The number of carbonyl (C=O) groups excluding carboxylic acids is 1. The smallest absolute Gasteiger partial charge is 0.223 e. The van der Waals surface area contributed by atoms with Crippen LogP contribution < -0.4 is 0 Å². The number of carbonyl (C=O) groups is 1. The number of hydrogen-bond donors (Lipinski definition) is 1. The predicted molar refractivity (Wildman–Crippen MR) is 49.2 cm³/mol. The van der Waals surface area contributed by atoms with E-state index in [4.69, 9.17) is 0 Å². The summed E-state index contributed by atoms with van der Waals surface area (Å²) in [5, 5.41) is 10.1. The largest absolute Gasteiger partial charge is 0.388 e. The molecule has 3 heteroatoms. The molecule has 0 radical (unpaired) electrons. The van der Waals surface area contributed by atoms with Crippen molar-refractivity contribution in [3.8, 4) is 0 Å². The van der Waals surface area contributed by atoms with Gasteiger partial charge in [-0.25, -0.2) is 0 Å². The van der Waals surface area contributed by atoms with Crippen molar-refractivity contribution in [3.63, 3.8) is 0 Å². The van der Waals surface area contributed by atoms with Crippen molar-refractivity contribution < 1.29 is 9.90 Å². The Labute approximate surface area is 78.7 Å². The molecular weight excluding hydrogens is 166 g/mol. The van der Waals surface area contributed by atoms with E-state index in [1.807, 2.05) is 11.8 Å². The molecule has 0 saturated carbocycles. The second kappa shape index (κ2) is 2.98. The van der Waals surface area contributed by atoms with Gasteiger partial charge in [0.15, 0.2) is 0 Å². The van der Waals surface area contributed by atoms with E-state index in [1.165, 1.54) is 0 Å². The Morgan fingerprint density at radius 3 is 3.00 bits per heavy atom. The van der Waals surface area contributed by atoms with Gasteiger partial charge in [-0.3, -0.25) is 4.79 Å². The van der Waals surface area contributed by atoms with Gasteiger partial charge in [-0.15, -0.1) is 0 Å². The number of rotatable bonds is 0. The van der Waals surface area contributed by atoms with Crippen LogP contribution in [0.4, 0.5) is 0 Å². The summed E-state index contributed by atoms with van der Waals surface area (Å²) in [6.45, 7) is 2.71. The van der Waals surface area contributed by atoms with Crippen molar-refractivity contribution in [2.24, 2.45) is 0 Å². The van der Waals surface area contributed by atoms with Crippen LogP contribution in [0.2, 0.25) is 0 Å². The van der Waals surface area contributed by atoms with Crippen LogP contribution in [0, 0.1) is 0 Å². The molecule has 2 heterocycles. The highest BCUT2D eigenvalue weighted by Crippen LogP contribution is 2.34. The molecular formula is C10H17NO2. The molecule has 2 fully saturated rings. The molecule has 0 aliphatic carbocycles. The van der Waals surface area contributed by atoms with Gasteiger partial charge in [0.2, 0.25) is 5.91 Å². The number of piperidine rings is 2. The third-order valence-corrected chi connectivity index (χ3v) is 3.39. The fraction of sp³-hybridized carbons (Fsp3) is 0.900. The van der Waals surface area contributed by atoms with Crippen LogP contribution in [0.25, 0.3) is 0 Å². The maximum absolute atomic E-state index is 11.5. The molecule has 1 N–H and O–H groups in total. The Kier molecular flexibility index (Phi) is 2.06. The number of hydrogen-bond acceptors (Lipinski definition) is 2. The van der Waals surface area contributed by atoms with Gasteiger partial charge in [0.05, 0.1) is 11.6 Å². The first-order valence-corrected chi connectivity index (χ1v) is 5.13. The predicted octanol–water partition coefficient (Wildman–Crippen LogP) is 0.912. The molecule has 2 saturated heterocycles. The Balaban J connectivity index is 2.19. The van der Waals surface area contributed by atoms with Crippen molar-refractivity contribution in [3.05, 3.63) is 0 Å². The molecule has 0 bridgehead atoms. The minimum atomic E-state index is -0.645. The summed E-state index contributed by atoms with van der Waals surface area (Å²) in [7, 11) is 0. The number of nitrogens with zero attached hydrogens (tertiary/aromatic N) is 1. The lowest BCUT2D eigenvalue weighted by molar-refractivity contribution is -0.153. The van der Waals surface area contributed by atoms with Gasteiger partial charge in [0.25, 0.3) is 0 Å². The Morgan fingerprint density at radius 2 is 2.31 bits per heavy atom. The molecule has 74 valence electrons. The summed E-state index contributed by atoms with van der Waals surface area (Å²) in [6, 6.07) is 0.0856. The van der Waals surface area contributed by atoms with Crippen molar-refractivity contribution >= 4 is 5.91 Å². The quantitative estimate of drug-likeness (QED) is 0.606. The Bertz CT molecular complexity index is 225. The average Bonchev–Trinajstić information content (AvgIpc) is 2.13. The average molecular weight is 183 g/mol. The van der Waals surface area contributed by atoms with E-state index in [9.17, 15) is 9.90 Å². The van der Waals surface area contributed by atoms with Crippen molar-refractivity contribution in [1.82, 2.24) is 4.90 Å². The molecule has 2 atom stereocenters. The van der Waals surface area contributed by atoms with E-state index in [-0.39, 0.29) is 11.9 Å². The molecule has 0 unspecified atom stereocenters. The monoisotopic (exact) mass is 183 g/mol.